The van der Waals surface area contributed by atoms with Crippen molar-refractivity contribution in [1.29, 1.82) is 0 Å². The molecular formula is C17H19ClN2OS2. The summed E-state index contributed by atoms with van der Waals surface area (Å²) in [6, 6.07) is 3.86. The number of rotatable bonds is 6. The lowest BCUT2D eigenvalue weighted by Gasteiger charge is -2.17. The molecule has 0 unspecified atom stereocenters. The maximum atomic E-state index is 12.6. The third kappa shape index (κ3) is 4.03. The van der Waals surface area contributed by atoms with Crippen LogP contribution in [0.2, 0.25) is 4.34 Å². The van der Waals surface area contributed by atoms with Gasteiger partial charge in [0, 0.05) is 22.7 Å². The summed E-state index contributed by atoms with van der Waals surface area (Å²) in [5, 5.41) is 0.825. The third-order valence-corrected chi connectivity index (χ3v) is 6.36. The zero-order valence-corrected chi connectivity index (χ0v) is 15.3. The summed E-state index contributed by atoms with van der Waals surface area (Å²) in [6.07, 6.45) is 7.50. The summed E-state index contributed by atoms with van der Waals surface area (Å²) in [5.74, 6) is 0.0977. The van der Waals surface area contributed by atoms with E-state index in [0.29, 0.717) is 13.0 Å². The minimum atomic E-state index is 0.0977. The average Bonchev–Trinajstić information content (AvgIpc) is 3.16. The second kappa shape index (κ2) is 7.60. The van der Waals surface area contributed by atoms with Gasteiger partial charge in [0.15, 0.2) is 5.13 Å². The van der Waals surface area contributed by atoms with E-state index in [1.165, 1.54) is 34.7 Å². The molecule has 0 atom stereocenters. The number of thiophene rings is 1. The maximum Gasteiger partial charge on any atom is 0.229 e. The Morgan fingerprint density at radius 1 is 1.35 bits per heavy atom. The van der Waals surface area contributed by atoms with Gasteiger partial charge in [-0.25, -0.2) is 4.98 Å². The highest BCUT2D eigenvalue weighted by molar-refractivity contribution is 7.16. The van der Waals surface area contributed by atoms with Crippen LogP contribution in [0.15, 0.2) is 24.8 Å². The predicted molar refractivity (Wildman–Crippen MR) is 99.0 cm³/mol. The van der Waals surface area contributed by atoms with Crippen LogP contribution in [0.3, 0.4) is 0 Å². The molecule has 0 bridgehead atoms. The Kier molecular flexibility index (Phi) is 5.51. The van der Waals surface area contributed by atoms with Crippen LogP contribution >= 0.6 is 34.3 Å². The quantitative estimate of drug-likeness (QED) is 0.682. The molecule has 6 heteroatoms. The van der Waals surface area contributed by atoms with Crippen molar-refractivity contribution in [2.75, 3.05) is 11.4 Å². The number of carbonyl (C=O) groups is 1. The fourth-order valence-electron chi connectivity index (χ4n) is 2.72. The molecule has 1 amide bonds. The van der Waals surface area contributed by atoms with Gasteiger partial charge in [0.05, 0.1) is 10.0 Å². The van der Waals surface area contributed by atoms with Crippen LogP contribution in [0.4, 0.5) is 5.13 Å². The van der Waals surface area contributed by atoms with E-state index in [2.05, 4.69) is 6.58 Å². The Morgan fingerprint density at radius 2 is 2.17 bits per heavy atom. The summed E-state index contributed by atoms with van der Waals surface area (Å²) < 4.78 is 0.767. The number of aromatic nitrogens is 1. The van der Waals surface area contributed by atoms with E-state index < -0.39 is 0 Å². The lowest BCUT2D eigenvalue weighted by atomic mass is 10.0. The standard InChI is InChI=1S/C17H19ClN2OS2/c1-2-11-20(16(21)10-8-12-7-9-15(18)22-12)17-19-13-5-3-4-6-14(13)23-17/h2,7,9H,1,3-6,8,10-11H2. The normalized spacial score (nSPS) is 13.6. The van der Waals surface area contributed by atoms with E-state index in [9.17, 15) is 4.79 Å². The number of amides is 1. The van der Waals surface area contributed by atoms with Gasteiger partial charge in [-0.1, -0.05) is 17.7 Å². The Bertz CT molecular complexity index is 684. The van der Waals surface area contributed by atoms with Gasteiger partial charge in [0.1, 0.15) is 0 Å². The van der Waals surface area contributed by atoms with Gasteiger partial charge >= 0.3 is 0 Å². The summed E-state index contributed by atoms with van der Waals surface area (Å²) in [4.78, 5) is 21.6. The molecule has 3 nitrogen and oxygen atoms in total. The van der Waals surface area contributed by atoms with Crippen LogP contribution in [0.5, 0.6) is 0 Å². The van der Waals surface area contributed by atoms with Crippen molar-refractivity contribution >= 4 is 45.3 Å². The van der Waals surface area contributed by atoms with Crippen LogP contribution in [-0.2, 0) is 24.1 Å². The number of carbonyl (C=O) groups excluding carboxylic acids is 1. The van der Waals surface area contributed by atoms with Crippen molar-refractivity contribution < 1.29 is 4.79 Å². The minimum absolute atomic E-state index is 0.0977. The summed E-state index contributed by atoms with van der Waals surface area (Å²) in [5.41, 5.74) is 1.18. The fourth-order valence-corrected chi connectivity index (χ4v) is 4.98. The second-order valence-electron chi connectivity index (χ2n) is 5.57. The maximum absolute atomic E-state index is 12.6. The van der Waals surface area contributed by atoms with Crippen LogP contribution in [-0.4, -0.2) is 17.4 Å². The monoisotopic (exact) mass is 366 g/mol. The number of thiazole rings is 1. The van der Waals surface area contributed by atoms with Crippen molar-refractivity contribution in [1.82, 2.24) is 4.98 Å². The van der Waals surface area contributed by atoms with Gasteiger partial charge in [-0.3, -0.25) is 9.69 Å². The van der Waals surface area contributed by atoms with Gasteiger partial charge in [-0.05, 0) is 44.2 Å². The molecule has 0 saturated carbocycles. The van der Waals surface area contributed by atoms with E-state index in [1.807, 2.05) is 12.1 Å². The first-order valence-electron chi connectivity index (χ1n) is 7.81. The van der Waals surface area contributed by atoms with Crippen LogP contribution in [0, 0.1) is 0 Å². The molecule has 1 aliphatic carbocycles. The Balaban J connectivity index is 1.71. The Hall–Kier alpha value is -1.17. The zero-order valence-electron chi connectivity index (χ0n) is 12.9. The highest BCUT2D eigenvalue weighted by atomic mass is 35.5. The summed E-state index contributed by atoms with van der Waals surface area (Å²) in [6.45, 7) is 4.29. The average molecular weight is 367 g/mol. The number of fused-ring (bicyclic) bond motifs is 1. The number of hydrogen-bond acceptors (Lipinski definition) is 4. The Labute approximate surface area is 149 Å². The van der Waals surface area contributed by atoms with E-state index >= 15 is 0 Å². The van der Waals surface area contributed by atoms with E-state index in [1.54, 1.807) is 22.3 Å². The SMILES string of the molecule is C=CCN(C(=O)CCc1ccc(Cl)s1)c1nc2c(s1)CCCC2. The lowest BCUT2D eigenvalue weighted by molar-refractivity contribution is -0.118. The minimum Gasteiger partial charge on any atom is -0.284 e. The van der Waals surface area contributed by atoms with E-state index in [4.69, 9.17) is 16.6 Å². The highest BCUT2D eigenvalue weighted by Gasteiger charge is 2.22. The second-order valence-corrected chi connectivity index (χ2v) is 8.43. The number of aryl methyl sites for hydroxylation is 3. The first-order chi connectivity index (χ1) is 11.2. The topological polar surface area (TPSA) is 33.2 Å². The Morgan fingerprint density at radius 3 is 2.87 bits per heavy atom. The molecule has 0 fully saturated rings. The van der Waals surface area contributed by atoms with Crippen LogP contribution < -0.4 is 4.90 Å². The number of nitrogens with zero attached hydrogens (tertiary/aromatic N) is 2. The van der Waals surface area contributed by atoms with Crippen molar-refractivity contribution in [3.63, 3.8) is 0 Å². The molecule has 2 heterocycles. The molecule has 3 rings (SSSR count). The molecule has 1 aliphatic rings. The predicted octanol–water partition coefficient (Wildman–Crippen LogP) is 4.89. The molecule has 122 valence electrons. The van der Waals surface area contributed by atoms with Crippen LogP contribution in [0.1, 0.15) is 34.7 Å². The number of anilines is 1. The van der Waals surface area contributed by atoms with Gasteiger partial charge in [-0.15, -0.1) is 29.3 Å². The van der Waals surface area contributed by atoms with Crippen LogP contribution in [0.25, 0.3) is 0 Å². The molecule has 23 heavy (non-hydrogen) atoms. The van der Waals surface area contributed by atoms with Gasteiger partial charge in [0.25, 0.3) is 0 Å². The highest BCUT2D eigenvalue weighted by Crippen LogP contribution is 2.32. The smallest absolute Gasteiger partial charge is 0.229 e. The number of halogens is 1. The molecule has 2 aromatic rings. The molecule has 2 aromatic heterocycles. The largest absolute Gasteiger partial charge is 0.284 e. The van der Waals surface area contributed by atoms with Gasteiger partial charge < -0.3 is 0 Å². The van der Waals surface area contributed by atoms with Crippen molar-refractivity contribution in [3.05, 3.63) is 44.6 Å². The lowest BCUT2D eigenvalue weighted by Crippen LogP contribution is -2.31. The zero-order chi connectivity index (χ0) is 16.2. The fraction of sp³-hybridized carbons (Fsp3) is 0.412. The van der Waals surface area contributed by atoms with Gasteiger partial charge in [-0.2, -0.15) is 0 Å². The molecule has 0 aromatic carbocycles. The first kappa shape index (κ1) is 16.7. The molecular weight excluding hydrogens is 348 g/mol. The van der Waals surface area contributed by atoms with E-state index in [-0.39, 0.29) is 5.91 Å². The van der Waals surface area contributed by atoms with Crippen molar-refractivity contribution in [2.45, 2.75) is 38.5 Å². The van der Waals surface area contributed by atoms with Crippen molar-refractivity contribution in [2.24, 2.45) is 0 Å². The summed E-state index contributed by atoms with van der Waals surface area (Å²) >= 11 is 9.14. The molecule has 0 saturated heterocycles. The first-order valence-corrected chi connectivity index (χ1v) is 9.82. The molecule has 0 radical (unpaired) electrons. The summed E-state index contributed by atoms with van der Waals surface area (Å²) in [7, 11) is 0. The third-order valence-electron chi connectivity index (χ3n) is 3.89. The van der Waals surface area contributed by atoms with Gasteiger partial charge in [0.2, 0.25) is 5.91 Å². The molecule has 0 N–H and O–H groups in total. The molecule has 0 aliphatic heterocycles. The van der Waals surface area contributed by atoms with E-state index in [0.717, 1.165) is 33.6 Å². The van der Waals surface area contributed by atoms with Crippen molar-refractivity contribution in [3.8, 4) is 0 Å². The number of hydrogen-bond donors (Lipinski definition) is 0. The molecule has 0 spiro atoms.